The van der Waals surface area contributed by atoms with Crippen molar-refractivity contribution in [2.45, 2.75) is 25.0 Å². The van der Waals surface area contributed by atoms with Gasteiger partial charge in [0.05, 0.1) is 6.10 Å². The maximum Gasteiger partial charge on any atom is 0.107 e. The maximum atomic E-state index is 9.99. The second-order valence-electron chi connectivity index (χ2n) is 3.52. The van der Waals surface area contributed by atoms with Crippen molar-refractivity contribution in [3.63, 3.8) is 0 Å². The Bertz CT molecular complexity index is 308. The van der Waals surface area contributed by atoms with E-state index in [9.17, 15) is 5.11 Å². The summed E-state index contributed by atoms with van der Waals surface area (Å²) in [5.74, 6) is 0. The molecule has 0 amide bonds. The standard InChI is InChI=1S/C11H13ClO2/c12-9-5-2-1-4-8(9)11(13)10-6-3-7-14-10/h1-2,4-5,10-11,13H,3,6-7H2/t10-,11+/m0/s1. The summed E-state index contributed by atoms with van der Waals surface area (Å²) in [4.78, 5) is 0. The molecule has 1 aromatic rings. The van der Waals surface area contributed by atoms with Crippen LogP contribution in [-0.4, -0.2) is 17.8 Å². The molecule has 0 radical (unpaired) electrons. The van der Waals surface area contributed by atoms with Gasteiger partial charge in [-0.3, -0.25) is 0 Å². The molecular formula is C11H13ClO2. The molecule has 0 bridgehead atoms. The van der Waals surface area contributed by atoms with Crippen LogP contribution in [-0.2, 0) is 4.74 Å². The van der Waals surface area contributed by atoms with Gasteiger partial charge in [0, 0.05) is 17.2 Å². The van der Waals surface area contributed by atoms with Crippen molar-refractivity contribution in [1.82, 2.24) is 0 Å². The lowest BCUT2D eigenvalue weighted by molar-refractivity contribution is -0.00253. The van der Waals surface area contributed by atoms with Gasteiger partial charge in [-0.25, -0.2) is 0 Å². The van der Waals surface area contributed by atoms with Crippen LogP contribution < -0.4 is 0 Å². The molecule has 1 aliphatic rings. The summed E-state index contributed by atoms with van der Waals surface area (Å²) in [5.41, 5.74) is 0.765. The van der Waals surface area contributed by atoms with Gasteiger partial charge in [0.25, 0.3) is 0 Å². The first-order valence-electron chi connectivity index (χ1n) is 4.83. The number of halogens is 1. The Morgan fingerprint density at radius 1 is 1.43 bits per heavy atom. The number of hydrogen-bond donors (Lipinski definition) is 1. The van der Waals surface area contributed by atoms with Gasteiger partial charge in [0.2, 0.25) is 0 Å². The van der Waals surface area contributed by atoms with E-state index in [-0.39, 0.29) is 6.10 Å². The van der Waals surface area contributed by atoms with E-state index in [1.807, 2.05) is 18.2 Å². The highest BCUT2D eigenvalue weighted by molar-refractivity contribution is 6.31. The normalized spacial score (nSPS) is 23.7. The van der Waals surface area contributed by atoms with Crippen molar-refractivity contribution < 1.29 is 9.84 Å². The van der Waals surface area contributed by atoms with Crippen LogP contribution >= 0.6 is 11.6 Å². The summed E-state index contributed by atoms with van der Waals surface area (Å²) in [5, 5.41) is 10.6. The van der Waals surface area contributed by atoms with Crippen LogP contribution in [0, 0.1) is 0 Å². The lowest BCUT2D eigenvalue weighted by Gasteiger charge is -2.18. The first kappa shape index (κ1) is 9.97. The van der Waals surface area contributed by atoms with Gasteiger partial charge in [-0.2, -0.15) is 0 Å². The number of ether oxygens (including phenoxy) is 1. The quantitative estimate of drug-likeness (QED) is 0.817. The zero-order chi connectivity index (χ0) is 9.97. The molecule has 2 rings (SSSR count). The van der Waals surface area contributed by atoms with Crippen LogP contribution in [0.2, 0.25) is 5.02 Å². The molecule has 1 aromatic carbocycles. The average Bonchev–Trinajstić information content (AvgIpc) is 2.70. The molecule has 14 heavy (non-hydrogen) atoms. The highest BCUT2D eigenvalue weighted by Crippen LogP contribution is 2.30. The molecule has 2 atom stereocenters. The Labute approximate surface area is 88.5 Å². The minimum Gasteiger partial charge on any atom is -0.386 e. The van der Waals surface area contributed by atoms with Crippen LogP contribution in [0.15, 0.2) is 24.3 Å². The minimum absolute atomic E-state index is 0.0881. The van der Waals surface area contributed by atoms with Gasteiger partial charge in [0.1, 0.15) is 6.10 Å². The van der Waals surface area contributed by atoms with Crippen LogP contribution in [0.25, 0.3) is 0 Å². The fraction of sp³-hybridized carbons (Fsp3) is 0.455. The molecule has 0 spiro atoms. The number of benzene rings is 1. The van der Waals surface area contributed by atoms with E-state index in [2.05, 4.69) is 0 Å². The third-order valence-electron chi connectivity index (χ3n) is 2.54. The van der Waals surface area contributed by atoms with Crippen LogP contribution in [0.1, 0.15) is 24.5 Å². The summed E-state index contributed by atoms with van der Waals surface area (Å²) in [6.07, 6.45) is 1.25. The van der Waals surface area contributed by atoms with E-state index in [4.69, 9.17) is 16.3 Å². The third-order valence-corrected chi connectivity index (χ3v) is 2.89. The van der Waals surface area contributed by atoms with Crippen LogP contribution in [0.3, 0.4) is 0 Å². The first-order chi connectivity index (χ1) is 6.79. The molecule has 1 aliphatic heterocycles. The van der Waals surface area contributed by atoms with Crippen molar-refractivity contribution >= 4 is 11.6 Å². The summed E-state index contributed by atoms with van der Waals surface area (Å²) in [7, 11) is 0. The number of aliphatic hydroxyl groups excluding tert-OH is 1. The van der Waals surface area contributed by atoms with Gasteiger partial charge >= 0.3 is 0 Å². The first-order valence-corrected chi connectivity index (χ1v) is 5.21. The molecule has 2 nitrogen and oxygen atoms in total. The summed E-state index contributed by atoms with van der Waals surface area (Å²) >= 11 is 5.98. The average molecular weight is 213 g/mol. The lowest BCUT2D eigenvalue weighted by Crippen LogP contribution is -2.17. The predicted octanol–water partition coefficient (Wildman–Crippen LogP) is 2.55. The highest BCUT2D eigenvalue weighted by Gasteiger charge is 2.26. The highest BCUT2D eigenvalue weighted by atomic mass is 35.5. The second kappa shape index (κ2) is 4.30. The molecule has 1 heterocycles. The van der Waals surface area contributed by atoms with Gasteiger partial charge in [-0.15, -0.1) is 0 Å². The summed E-state index contributed by atoms with van der Waals surface area (Å²) in [6, 6.07) is 7.36. The van der Waals surface area contributed by atoms with Crippen molar-refractivity contribution in [2.24, 2.45) is 0 Å². The molecule has 0 unspecified atom stereocenters. The van der Waals surface area contributed by atoms with E-state index < -0.39 is 6.10 Å². The van der Waals surface area contributed by atoms with Gasteiger partial charge < -0.3 is 9.84 Å². The van der Waals surface area contributed by atoms with Crippen molar-refractivity contribution in [1.29, 1.82) is 0 Å². The van der Waals surface area contributed by atoms with Crippen molar-refractivity contribution in [3.8, 4) is 0 Å². The topological polar surface area (TPSA) is 29.5 Å². The molecular weight excluding hydrogens is 200 g/mol. The molecule has 0 aromatic heterocycles. The van der Waals surface area contributed by atoms with Crippen molar-refractivity contribution in [3.05, 3.63) is 34.9 Å². The number of rotatable bonds is 2. The smallest absolute Gasteiger partial charge is 0.107 e. The molecule has 76 valence electrons. The summed E-state index contributed by atoms with van der Waals surface area (Å²) in [6.45, 7) is 0.742. The maximum absolute atomic E-state index is 9.99. The van der Waals surface area contributed by atoms with E-state index in [0.29, 0.717) is 5.02 Å². The van der Waals surface area contributed by atoms with Gasteiger partial charge in [0.15, 0.2) is 0 Å². The number of hydrogen-bond acceptors (Lipinski definition) is 2. The lowest BCUT2D eigenvalue weighted by atomic mass is 10.0. The van der Waals surface area contributed by atoms with E-state index in [1.165, 1.54) is 0 Å². The Morgan fingerprint density at radius 2 is 2.21 bits per heavy atom. The zero-order valence-corrected chi connectivity index (χ0v) is 8.57. The molecule has 0 saturated carbocycles. The molecule has 0 aliphatic carbocycles. The SMILES string of the molecule is O[C@H](c1ccccc1Cl)[C@@H]1CCCO1. The molecule has 3 heteroatoms. The fourth-order valence-electron chi connectivity index (χ4n) is 1.77. The zero-order valence-electron chi connectivity index (χ0n) is 7.82. The predicted molar refractivity (Wildman–Crippen MR) is 55.4 cm³/mol. The Balaban J connectivity index is 2.17. The van der Waals surface area contributed by atoms with E-state index in [0.717, 1.165) is 25.0 Å². The van der Waals surface area contributed by atoms with Gasteiger partial charge in [-0.05, 0) is 18.9 Å². The molecule has 1 fully saturated rings. The second-order valence-corrected chi connectivity index (χ2v) is 3.93. The monoisotopic (exact) mass is 212 g/mol. The molecule has 1 saturated heterocycles. The minimum atomic E-state index is -0.591. The Morgan fingerprint density at radius 3 is 2.86 bits per heavy atom. The Kier molecular flexibility index (Phi) is 3.06. The number of aliphatic hydroxyl groups is 1. The largest absolute Gasteiger partial charge is 0.386 e. The Hall–Kier alpha value is -0.570. The summed E-state index contributed by atoms with van der Waals surface area (Å²) < 4.78 is 5.42. The van der Waals surface area contributed by atoms with E-state index >= 15 is 0 Å². The van der Waals surface area contributed by atoms with Gasteiger partial charge in [-0.1, -0.05) is 29.8 Å². The molecule has 1 N–H and O–H groups in total. The van der Waals surface area contributed by atoms with E-state index in [1.54, 1.807) is 6.07 Å². The van der Waals surface area contributed by atoms with Crippen LogP contribution in [0.5, 0.6) is 0 Å². The fourth-order valence-corrected chi connectivity index (χ4v) is 2.01. The third kappa shape index (κ3) is 1.92. The van der Waals surface area contributed by atoms with Crippen LogP contribution in [0.4, 0.5) is 0 Å². The van der Waals surface area contributed by atoms with Crippen molar-refractivity contribution in [2.75, 3.05) is 6.61 Å².